The average molecular weight is 327 g/mol. The van der Waals surface area contributed by atoms with E-state index in [4.69, 9.17) is 5.11 Å². The number of nitrogens with zero attached hydrogens (tertiary/aromatic N) is 2. The summed E-state index contributed by atoms with van der Waals surface area (Å²) >= 11 is 1.16. The first-order valence-electron chi connectivity index (χ1n) is 6.06. The number of pyridine rings is 1. The second-order valence-electron chi connectivity index (χ2n) is 4.19. The summed E-state index contributed by atoms with van der Waals surface area (Å²) in [5, 5.41) is 10.5. The largest absolute Gasteiger partial charge is 0.481 e. The van der Waals surface area contributed by atoms with Crippen molar-refractivity contribution in [2.24, 2.45) is 0 Å². The van der Waals surface area contributed by atoms with Crippen LogP contribution in [0.15, 0.2) is 34.8 Å². The van der Waals surface area contributed by atoms with Crippen molar-refractivity contribution in [3.05, 3.63) is 35.6 Å². The lowest BCUT2D eigenvalue weighted by atomic mass is 10.2. The van der Waals surface area contributed by atoms with Gasteiger partial charge in [-0.25, -0.2) is 13.4 Å². The van der Waals surface area contributed by atoms with E-state index in [0.717, 1.165) is 11.3 Å². The minimum atomic E-state index is -3.69. The van der Waals surface area contributed by atoms with Crippen LogP contribution in [-0.4, -0.2) is 29.5 Å². The van der Waals surface area contributed by atoms with Crippen molar-refractivity contribution >= 4 is 32.5 Å². The molecular weight excluding hydrogens is 314 g/mol. The summed E-state index contributed by atoms with van der Waals surface area (Å²) in [5.74, 6) is -0.859. The average Bonchev–Trinajstić information content (AvgIpc) is 2.86. The van der Waals surface area contributed by atoms with Crippen LogP contribution in [0.5, 0.6) is 0 Å². The van der Waals surface area contributed by atoms with Gasteiger partial charge in [-0.3, -0.25) is 14.5 Å². The number of thiazole rings is 1. The van der Waals surface area contributed by atoms with Crippen molar-refractivity contribution in [3.63, 3.8) is 0 Å². The van der Waals surface area contributed by atoms with Gasteiger partial charge in [0.2, 0.25) is 0 Å². The molecule has 0 aromatic carbocycles. The Kier molecular flexibility index (Phi) is 4.86. The molecule has 2 heterocycles. The van der Waals surface area contributed by atoms with Gasteiger partial charge in [0.05, 0.1) is 5.69 Å². The summed E-state index contributed by atoms with van der Waals surface area (Å²) in [6.07, 6.45) is 3.77. The summed E-state index contributed by atoms with van der Waals surface area (Å²) in [4.78, 5) is 18.4. The highest BCUT2D eigenvalue weighted by atomic mass is 32.2. The van der Waals surface area contributed by atoms with Gasteiger partial charge in [-0.2, -0.15) is 0 Å². The molecule has 2 N–H and O–H groups in total. The zero-order chi connectivity index (χ0) is 15.3. The zero-order valence-corrected chi connectivity index (χ0v) is 12.5. The quantitative estimate of drug-likeness (QED) is 0.802. The van der Waals surface area contributed by atoms with Gasteiger partial charge in [0, 0.05) is 24.2 Å². The van der Waals surface area contributed by atoms with E-state index in [9.17, 15) is 13.2 Å². The van der Waals surface area contributed by atoms with Crippen LogP contribution in [0.4, 0.5) is 5.13 Å². The Balaban J connectivity index is 2.01. The molecule has 0 aliphatic carbocycles. The Morgan fingerprint density at radius 3 is 2.90 bits per heavy atom. The summed E-state index contributed by atoms with van der Waals surface area (Å²) in [7, 11) is -3.69. The van der Waals surface area contributed by atoms with Gasteiger partial charge in [-0.05, 0) is 25.0 Å². The number of hydrogen-bond donors (Lipinski definition) is 2. The van der Waals surface area contributed by atoms with Crippen LogP contribution < -0.4 is 4.72 Å². The fourth-order valence-corrected chi connectivity index (χ4v) is 3.53. The van der Waals surface area contributed by atoms with E-state index in [-0.39, 0.29) is 16.4 Å². The number of sulfonamides is 1. The van der Waals surface area contributed by atoms with Crippen LogP contribution in [0.25, 0.3) is 0 Å². The molecule has 0 saturated heterocycles. The minimum absolute atomic E-state index is 0.0626. The molecule has 0 saturated carbocycles. The third kappa shape index (κ3) is 4.50. The second kappa shape index (κ2) is 6.64. The van der Waals surface area contributed by atoms with E-state index in [2.05, 4.69) is 14.7 Å². The number of carboxylic acids is 1. The number of nitrogens with one attached hydrogen (secondary N) is 1. The Bertz CT molecular complexity index is 713. The molecule has 0 aliphatic rings. The van der Waals surface area contributed by atoms with Crippen molar-refractivity contribution in [1.29, 1.82) is 0 Å². The van der Waals surface area contributed by atoms with E-state index in [1.807, 2.05) is 0 Å². The number of rotatable bonds is 7. The number of anilines is 1. The Morgan fingerprint density at radius 2 is 2.24 bits per heavy atom. The summed E-state index contributed by atoms with van der Waals surface area (Å²) in [6, 6.07) is 2.98. The number of aryl methyl sites for hydroxylation is 1. The predicted molar refractivity (Wildman–Crippen MR) is 77.7 cm³/mol. The Labute approximate surface area is 125 Å². The van der Waals surface area contributed by atoms with Gasteiger partial charge in [-0.1, -0.05) is 0 Å². The molecule has 2 aromatic rings. The third-order valence-corrected chi connectivity index (χ3v) is 4.80. The normalized spacial score (nSPS) is 11.2. The maximum atomic E-state index is 12.1. The molecule has 7 nitrogen and oxygen atoms in total. The molecule has 0 radical (unpaired) electrons. The molecule has 2 aromatic heterocycles. The lowest BCUT2D eigenvalue weighted by Gasteiger charge is -2.03. The number of aromatic nitrogens is 2. The first kappa shape index (κ1) is 15.4. The fraction of sp³-hybridized carbons (Fsp3) is 0.250. The number of hydrogen-bond acceptors (Lipinski definition) is 6. The van der Waals surface area contributed by atoms with Crippen LogP contribution >= 0.6 is 11.3 Å². The highest BCUT2D eigenvalue weighted by Gasteiger charge is 2.16. The highest BCUT2D eigenvalue weighted by Crippen LogP contribution is 2.20. The highest BCUT2D eigenvalue weighted by molar-refractivity contribution is 7.93. The van der Waals surface area contributed by atoms with Crippen LogP contribution in [0.1, 0.15) is 18.5 Å². The van der Waals surface area contributed by atoms with Crippen LogP contribution in [-0.2, 0) is 21.2 Å². The number of aliphatic carboxylic acids is 1. The molecule has 0 aliphatic heterocycles. The molecule has 0 fully saturated rings. The number of carbonyl (C=O) groups is 1. The first-order chi connectivity index (χ1) is 9.97. The van der Waals surface area contributed by atoms with Gasteiger partial charge in [0.25, 0.3) is 10.0 Å². The summed E-state index contributed by atoms with van der Waals surface area (Å²) in [6.45, 7) is 0. The molecule has 0 amide bonds. The topological polar surface area (TPSA) is 109 Å². The summed E-state index contributed by atoms with van der Waals surface area (Å²) < 4.78 is 26.5. The summed E-state index contributed by atoms with van der Waals surface area (Å²) in [5.41, 5.74) is 0.671. The molecule has 0 bridgehead atoms. The maximum absolute atomic E-state index is 12.1. The molecule has 0 spiro atoms. The number of carboxylic acid groups (broad SMARTS) is 1. The molecule has 0 unspecified atom stereocenters. The molecule has 2 rings (SSSR count). The Morgan fingerprint density at radius 1 is 1.43 bits per heavy atom. The van der Waals surface area contributed by atoms with E-state index in [1.54, 1.807) is 5.38 Å². The molecule has 9 heteroatoms. The van der Waals surface area contributed by atoms with E-state index in [0.29, 0.717) is 18.5 Å². The van der Waals surface area contributed by atoms with Crippen molar-refractivity contribution in [2.75, 3.05) is 4.72 Å². The fourth-order valence-electron chi connectivity index (χ4n) is 1.57. The maximum Gasteiger partial charge on any atom is 0.303 e. The van der Waals surface area contributed by atoms with Crippen LogP contribution in [0.3, 0.4) is 0 Å². The minimum Gasteiger partial charge on any atom is -0.481 e. The smallest absolute Gasteiger partial charge is 0.303 e. The van der Waals surface area contributed by atoms with Gasteiger partial charge in [-0.15, -0.1) is 11.3 Å². The van der Waals surface area contributed by atoms with Crippen molar-refractivity contribution in [3.8, 4) is 0 Å². The zero-order valence-electron chi connectivity index (χ0n) is 10.9. The lowest BCUT2D eigenvalue weighted by molar-refractivity contribution is -0.137. The third-order valence-electron chi connectivity index (χ3n) is 2.54. The van der Waals surface area contributed by atoms with Gasteiger partial charge >= 0.3 is 5.97 Å². The standard InChI is InChI=1S/C12H13N3O4S2/c16-11(17)5-1-3-9-8-20-12(14-9)15-21(18,19)10-4-2-6-13-7-10/h2,4,6-8H,1,3,5H2,(H,14,15)(H,16,17). The molecule has 112 valence electrons. The van der Waals surface area contributed by atoms with Gasteiger partial charge in [0.15, 0.2) is 5.13 Å². The van der Waals surface area contributed by atoms with Crippen LogP contribution in [0, 0.1) is 0 Å². The van der Waals surface area contributed by atoms with Crippen molar-refractivity contribution in [1.82, 2.24) is 9.97 Å². The van der Waals surface area contributed by atoms with Crippen molar-refractivity contribution < 1.29 is 18.3 Å². The molecular formula is C12H13N3O4S2. The molecule has 0 atom stereocenters. The van der Waals surface area contributed by atoms with E-state index in [1.165, 1.54) is 24.5 Å². The van der Waals surface area contributed by atoms with Gasteiger partial charge in [0.1, 0.15) is 4.90 Å². The van der Waals surface area contributed by atoms with Crippen LogP contribution in [0.2, 0.25) is 0 Å². The monoisotopic (exact) mass is 327 g/mol. The molecule has 21 heavy (non-hydrogen) atoms. The first-order valence-corrected chi connectivity index (χ1v) is 8.43. The van der Waals surface area contributed by atoms with Crippen molar-refractivity contribution in [2.45, 2.75) is 24.2 Å². The van der Waals surface area contributed by atoms with Gasteiger partial charge < -0.3 is 5.11 Å². The SMILES string of the molecule is O=C(O)CCCc1csc(NS(=O)(=O)c2cccnc2)n1. The lowest BCUT2D eigenvalue weighted by Crippen LogP contribution is -2.13. The van der Waals surface area contributed by atoms with E-state index >= 15 is 0 Å². The predicted octanol–water partition coefficient (Wildman–Crippen LogP) is 1.75. The Hall–Kier alpha value is -2.00. The van der Waals surface area contributed by atoms with E-state index < -0.39 is 16.0 Å². The second-order valence-corrected chi connectivity index (χ2v) is 6.73.